The standard InChI is InChI=1S/C13H14N6O2/c1-2-18-11(20)6-10(13(18)21)17-9-4-3-5-15-12(9)19-8-14-7-16-19/h3-5,7-8,10,17H,2,6H2,1H3. The Kier molecular flexibility index (Phi) is 3.35. The molecule has 0 bridgehead atoms. The number of rotatable bonds is 4. The molecule has 8 heteroatoms. The van der Waals surface area contributed by atoms with Crippen molar-refractivity contribution in [2.75, 3.05) is 11.9 Å². The average Bonchev–Trinajstić information content (AvgIpc) is 3.09. The first kappa shape index (κ1) is 13.2. The molecule has 1 aliphatic rings. The van der Waals surface area contributed by atoms with Gasteiger partial charge in [0.15, 0.2) is 5.82 Å². The van der Waals surface area contributed by atoms with Gasteiger partial charge in [-0.1, -0.05) is 0 Å². The first-order valence-electron chi connectivity index (χ1n) is 6.61. The van der Waals surface area contributed by atoms with Gasteiger partial charge in [0.2, 0.25) is 5.91 Å². The number of nitrogens with one attached hydrogen (secondary N) is 1. The zero-order valence-electron chi connectivity index (χ0n) is 11.4. The molecule has 2 aromatic rings. The number of likely N-dealkylation sites (tertiary alicyclic amines) is 1. The third-order valence-corrected chi connectivity index (χ3v) is 3.31. The van der Waals surface area contributed by atoms with Crippen LogP contribution in [-0.4, -0.2) is 49.0 Å². The van der Waals surface area contributed by atoms with Gasteiger partial charge in [0.1, 0.15) is 18.7 Å². The van der Waals surface area contributed by atoms with Gasteiger partial charge in [0.05, 0.1) is 12.1 Å². The molecule has 3 heterocycles. The lowest BCUT2D eigenvalue weighted by Crippen LogP contribution is -2.34. The maximum Gasteiger partial charge on any atom is 0.252 e. The van der Waals surface area contributed by atoms with Gasteiger partial charge in [-0.2, -0.15) is 5.10 Å². The van der Waals surface area contributed by atoms with E-state index in [1.807, 2.05) is 0 Å². The van der Waals surface area contributed by atoms with Crippen LogP contribution < -0.4 is 5.32 Å². The summed E-state index contributed by atoms with van der Waals surface area (Å²) in [5.74, 6) is 0.160. The van der Waals surface area contributed by atoms with Crippen LogP contribution in [0.5, 0.6) is 0 Å². The second-order valence-corrected chi connectivity index (χ2v) is 4.59. The number of likely N-dealkylation sites (N-methyl/N-ethyl adjacent to an activating group) is 1. The van der Waals surface area contributed by atoms with Crippen molar-refractivity contribution in [2.24, 2.45) is 0 Å². The number of carbonyl (C=O) groups is 2. The molecule has 1 fully saturated rings. The monoisotopic (exact) mass is 286 g/mol. The van der Waals surface area contributed by atoms with E-state index in [2.05, 4.69) is 20.4 Å². The fraction of sp³-hybridized carbons (Fsp3) is 0.308. The Morgan fingerprint density at radius 2 is 2.29 bits per heavy atom. The topological polar surface area (TPSA) is 93.0 Å². The Bertz CT molecular complexity index is 669. The lowest BCUT2D eigenvalue weighted by Gasteiger charge is -2.15. The summed E-state index contributed by atoms with van der Waals surface area (Å²) in [6.07, 6.45) is 4.70. The first-order valence-corrected chi connectivity index (χ1v) is 6.61. The van der Waals surface area contributed by atoms with Crippen LogP contribution in [0.1, 0.15) is 13.3 Å². The van der Waals surface area contributed by atoms with Gasteiger partial charge in [0, 0.05) is 12.7 Å². The van der Waals surface area contributed by atoms with E-state index in [1.54, 1.807) is 25.3 Å². The van der Waals surface area contributed by atoms with Crippen LogP contribution in [0.15, 0.2) is 31.0 Å². The van der Waals surface area contributed by atoms with E-state index in [0.717, 1.165) is 0 Å². The molecule has 1 atom stereocenters. The quantitative estimate of drug-likeness (QED) is 0.808. The maximum absolute atomic E-state index is 12.1. The van der Waals surface area contributed by atoms with Crippen LogP contribution in [0.2, 0.25) is 0 Å². The number of pyridine rings is 1. The summed E-state index contributed by atoms with van der Waals surface area (Å²) in [5, 5.41) is 7.11. The summed E-state index contributed by atoms with van der Waals surface area (Å²) in [6.45, 7) is 2.17. The molecule has 1 aliphatic heterocycles. The van der Waals surface area contributed by atoms with Crippen molar-refractivity contribution in [1.82, 2.24) is 24.6 Å². The maximum atomic E-state index is 12.1. The Morgan fingerprint density at radius 3 is 2.95 bits per heavy atom. The number of anilines is 1. The van der Waals surface area contributed by atoms with E-state index in [9.17, 15) is 9.59 Å². The summed E-state index contributed by atoms with van der Waals surface area (Å²) in [6, 6.07) is 2.97. The van der Waals surface area contributed by atoms with Crippen LogP contribution in [0.25, 0.3) is 5.82 Å². The molecule has 0 radical (unpaired) electrons. The van der Waals surface area contributed by atoms with Crippen molar-refractivity contribution in [3.05, 3.63) is 31.0 Å². The lowest BCUT2D eigenvalue weighted by atomic mass is 10.2. The number of amides is 2. The molecular formula is C13H14N6O2. The van der Waals surface area contributed by atoms with Crippen molar-refractivity contribution >= 4 is 17.5 Å². The second kappa shape index (κ2) is 5.31. The third-order valence-electron chi connectivity index (χ3n) is 3.31. The minimum atomic E-state index is -0.566. The van der Waals surface area contributed by atoms with Crippen molar-refractivity contribution < 1.29 is 9.59 Å². The van der Waals surface area contributed by atoms with Crippen LogP contribution >= 0.6 is 0 Å². The van der Waals surface area contributed by atoms with Gasteiger partial charge in [0.25, 0.3) is 5.91 Å². The fourth-order valence-electron chi connectivity index (χ4n) is 2.33. The van der Waals surface area contributed by atoms with Gasteiger partial charge in [-0.05, 0) is 19.1 Å². The molecular weight excluding hydrogens is 272 g/mol. The summed E-state index contributed by atoms with van der Waals surface area (Å²) >= 11 is 0. The molecule has 2 amide bonds. The Balaban J connectivity index is 1.87. The zero-order chi connectivity index (χ0) is 14.8. The Labute approximate surface area is 120 Å². The van der Waals surface area contributed by atoms with E-state index in [1.165, 1.54) is 22.2 Å². The zero-order valence-corrected chi connectivity index (χ0v) is 11.4. The number of hydrogen-bond donors (Lipinski definition) is 1. The van der Waals surface area contributed by atoms with Crippen LogP contribution in [0, 0.1) is 0 Å². The molecule has 108 valence electrons. The molecule has 21 heavy (non-hydrogen) atoms. The van der Waals surface area contributed by atoms with Crippen molar-refractivity contribution in [3.8, 4) is 5.82 Å². The normalized spacial score (nSPS) is 18.3. The van der Waals surface area contributed by atoms with Crippen molar-refractivity contribution in [2.45, 2.75) is 19.4 Å². The summed E-state index contributed by atoms with van der Waals surface area (Å²) in [4.78, 5) is 33.3. The summed E-state index contributed by atoms with van der Waals surface area (Å²) in [5.41, 5.74) is 0.632. The molecule has 8 nitrogen and oxygen atoms in total. The van der Waals surface area contributed by atoms with E-state index in [4.69, 9.17) is 0 Å². The molecule has 0 spiro atoms. The Hall–Kier alpha value is -2.77. The van der Waals surface area contributed by atoms with E-state index < -0.39 is 6.04 Å². The molecule has 0 aliphatic carbocycles. The number of aromatic nitrogens is 4. The number of carbonyl (C=O) groups excluding carboxylic acids is 2. The minimum Gasteiger partial charge on any atom is -0.370 e. The highest BCUT2D eigenvalue weighted by atomic mass is 16.2. The molecule has 3 rings (SSSR count). The van der Waals surface area contributed by atoms with Gasteiger partial charge >= 0.3 is 0 Å². The summed E-state index contributed by atoms with van der Waals surface area (Å²) < 4.78 is 1.50. The molecule has 1 unspecified atom stereocenters. The first-order chi connectivity index (χ1) is 10.2. The predicted molar refractivity (Wildman–Crippen MR) is 73.6 cm³/mol. The van der Waals surface area contributed by atoms with E-state index in [-0.39, 0.29) is 18.2 Å². The van der Waals surface area contributed by atoms with E-state index in [0.29, 0.717) is 18.1 Å². The van der Waals surface area contributed by atoms with E-state index >= 15 is 0 Å². The fourth-order valence-corrected chi connectivity index (χ4v) is 2.33. The van der Waals surface area contributed by atoms with Gasteiger partial charge < -0.3 is 5.32 Å². The van der Waals surface area contributed by atoms with Crippen molar-refractivity contribution in [3.63, 3.8) is 0 Å². The third kappa shape index (κ3) is 2.35. The average molecular weight is 286 g/mol. The molecule has 0 saturated carbocycles. The Morgan fingerprint density at radius 1 is 1.43 bits per heavy atom. The highest BCUT2D eigenvalue weighted by Gasteiger charge is 2.37. The smallest absolute Gasteiger partial charge is 0.252 e. The van der Waals surface area contributed by atoms with Crippen molar-refractivity contribution in [1.29, 1.82) is 0 Å². The van der Waals surface area contributed by atoms with Gasteiger partial charge in [-0.3, -0.25) is 14.5 Å². The highest BCUT2D eigenvalue weighted by Crippen LogP contribution is 2.21. The predicted octanol–water partition coefficient (Wildman–Crippen LogP) is 0.222. The lowest BCUT2D eigenvalue weighted by molar-refractivity contribution is -0.138. The highest BCUT2D eigenvalue weighted by molar-refractivity contribution is 6.06. The molecule has 1 saturated heterocycles. The van der Waals surface area contributed by atoms with Crippen LogP contribution in [-0.2, 0) is 9.59 Å². The SMILES string of the molecule is CCN1C(=O)CC(Nc2cccnc2-n2cncn2)C1=O. The second-order valence-electron chi connectivity index (χ2n) is 4.59. The largest absolute Gasteiger partial charge is 0.370 e. The van der Waals surface area contributed by atoms with Crippen LogP contribution in [0.4, 0.5) is 5.69 Å². The van der Waals surface area contributed by atoms with Gasteiger partial charge in [-0.25, -0.2) is 14.6 Å². The van der Waals surface area contributed by atoms with Gasteiger partial charge in [-0.15, -0.1) is 0 Å². The summed E-state index contributed by atoms with van der Waals surface area (Å²) in [7, 11) is 0. The molecule has 1 N–H and O–H groups in total. The number of nitrogens with zero attached hydrogens (tertiary/aromatic N) is 5. The number of hydrogen-bond acceptors (Lipinski definition) is 6. The minimum absolute atomic E-state index is 0.151. The molecule has 0 aromatic carbocycles. The molecule has 2 aromatic heterocycles. The van der Waals surface area contributed by atoms with Crippen LogP contribution in [0.3, 0.4) is 0 Å². The number of imide groups is 1.